The first-order valence-electron chi connectivity index (χ1n) is 16.4. The number of aromatic nitrogens is 4. The highest BCUT2D eigenvalue weighted by atomic mass is 19.3. The van der Waals surface area contributed by atoms with Crippen molar-refractivity contribution in [3.8, 4) is 23.1 Å². The zero-order chi connectivity index (χ0) is 32.1. The monoisotopic (exact) mass is 637 g/mol. The molecule has 1 saturated carbocycles. The minimum absolute atomic E-state index is 0. The van der Waals surface area contributed by atoms with Crippen molar-refractivity contribution in [2.75, 3.05) is 44.6 Å². The summed E-state index contributed by atoms with van der Waals surface area (Å²) < 4.78 is 58.1. The Morgan fingerprint density at radius 1 is 1.09 bits per heavy atom. The van der Waals surface area contributed by atoms with Crippen LogP contribution in [0, 0.1) is 11.2 Å². The molecule has 2 N–H and O–H groups in total. The molecule has 1 spiro atoms. The van der Waals surface area contributed by atoms with Gasteiger partial charge in [0.05, 0.1) is 17.1 Å². The second-order valence-corrected chi connectivity index (χ2v) is 12.8. The van der Waals surface area contributed by atoms with Crippen molar-refractivity contribution in [1.29, 1.82) is 0 Å². The van der Waals surface area contributed by atoms with Gasteiger partial charge in [0.25, 0.3) is 5.92 Å². The third kappa shape index (κ3) is 5.19. The Bertz CT molecular complexity index is 1780. The Labute approximate surface area is 267 Å². The van der Waals surface area contributed by atoms with Gasteiger partial charge in [-0.05, 0) is 51.1 Å². The smallest absolute Gasteiger partial charge is 0.319 e. The van der Waals surface area contributed by atoms with Gasteiger partial charge in [0.1, 0.15) is 29.0 Å². The first-order chi connectivity index (χ1) is 22.3. The second-order valence-electron chi connectivity index (χ2n) is 12.8. The van der Waals surface area contributed by atoms with Gasteiger partial charge in [-0.3, -0.25) is 9.88 Å². The fraction of sp³-hybridized carbons (Fsp3) is 0.529. The predicted molar refractivity (Wildman–Crippen MR) is 173 cm³/mol. The lowest BCUT2D eigenvalue weighted by atomic mass is 9.89. The molecular formula is C34H42F3N7O2. The molecular weight excluding hydrogens is 595 g/mol. The summed E-state index contributed by atoms with van der Waals surface area (Å²) in [4.78, 5) is 20.5. The van der Waals surface area contributed by atoms with Gasteiger partial charge >= 0.3 is 6.01 Å². The molecule has 0 amide bonds. The summed E-state index contributed by atoms with van der Waals surface area (Å²) in [6.07, 6.45) is 5.83. The van der Waals surface area contributed by atoms with Crippen LogP contribution in [-0.4, -0.2) is 81.7 Å². The number of hydrogen-bond acceptors (Lipinski definition) is 9. The van der Waals surface area contributed by atoms with Crippen molar-refractivity contribution in [2.45, 2.75) is 70.4 Å². The molecule has 3 fully saturated rings. The van der Waals surface area contributed by atoms with E-state index in [0.717, 1.165) is 43.1 Å². The SMILES string of the molecule is CC.C[C@H]1CCNCCNc2nc(OC[C@@]34CCCN3CC3(CC3(F)F)C4)nc3c(F)c(-c4cncc5ccccc45)nc(c23)O1.[HH]. The molecule has 1 aliphatic carbocycles. The number of anilines is 1. The first kappa shape index (κ1) is 30.9. The number of pyridine rings is 2. The lowest BCUT2D eigenvalue weighted by Gasteiger charge is -2.31. The molecule has 8 rings (SSSR count). The summed E-state index contributed by atoms with van der Waals surface area (Å²) >= 11 is 0. The molecule has 0 radical (unpaired) electrons. The van der Waals surface area contributed by atoms with Gasteiger partial charge in [0.2, 0.25) is 5.88 Å². The largest absolute Gasteiger partial charge is 0.474 e. The molecule has 1 aromatic carbocycles. The molecule has 9 nitrogen and oxygen atoms in total. The first-order valence-corrected chi connectivity index (χ1v) is 16.4. The van der Waals surface area contributed by atoms with Crippen LogP contribution in [0.5, 0.6) is 11.9 Å². The van der Waals surface area contributed by atoms with E-state index >= 15 is 4.39 Å². The summed E-state index contributed by atoms with van der Waals surface area (Å²) in [5.41, 5.74) is -0.864. The molecule has 246 valence electrons. The lowest BCUT2D eigenvalue weighted by Crippen LogP contribution is -2.43. The van der Waals surface area contributed by atoms with Crippen LogP contribution in [0.2, 0.25) is 0 Å². The molecule has 6 heterocycles. The summed E-state index contributed by atoms with van der Waals surface area (Å²) in [5.74, 6) is -2.70. The van der Waals surface area contributed by atoms with Crippen molar-refractivity contribution < 1.29 is 24.1 Å². The Morgan fingerprint density at radius 3 is 2.74 bits per heavy atom. The topological polar surface area (TPSA) is 97.3 Å². The van der Waals surface area contributed by atoms with Crippen molar-refractivity contribution >= 4 is 27.5 Å². The number of alkyl halides is 2. The fourth-order valence-electron chi connectivity index (χ4n) is 7.48. The molecule has 12 heteroatoms. The minimum atomic E-state index is -2.63. The Balaban J connectivity index is 0.00000126. The van der Waals surface area contributed by atoms with Gasteiger partial charge in [0.15, 0.2) is 5.82 Å². The number of halogens is 3. The standard InChI is InChI=1S/C32H34F3N7O2.C2H6.H2/c1-19-7-9-36-10-11-38-27-23-26(24(33)25(39-28(23)44-19)22-14-37-13-20-5-2-3-6-21(20)22)40-29(41-27)43-18-31-8-4-12-42(31)17-30(15-31)16-32(30,34)35;1-2;/h2-3,5-6,13-14,19,36H,4,7-12,15-18H2,1H3,(H,38,40,41);1-2H3;1H/t19-,30?,31-;;/m0../s1. The molecule has 1 unspecified atom stereocenters. The summed E-state index contributed by atoms with van der Waals surface area (Å²) in [6.45, 7) is 9.17. The van der Waals surface area contributed by atoms with Gasteiger partial charge < -0.3 is 20.1 Å². The van der Waals surface area contributed by atoms with Crippen LogP contribution in [-0.2, 0) is 0 Å². The maximum atomic E-state index is 16.7. The molecule has 0 bridgehead atoms. The Morgan fingerprint density at radius 2 is 1.91 bits per heavy atom. The Kier molecular flexibility index (Phi) is 7.91. The van der Waals surface area contributed by atoms with E-state index in [1.165, 1.54) is 0 Å². The summed E-state index contributed by atoms with van der Waals surface area (Å²) in [6, 6.07) is 7.60. The minimum Gasteiger partial charge on any atom is -0.474 e. The van der Waals surface area contributed by atoms with E-state index in [4.69, 9.17) is 14.5 Å². The van der Waals surface area contributed by atoms with Crippen LogP contribution < -0.4 is 20.1 Å². The van der Waals surface area contributed by atoms with Gasteiger partial charge in [-0.15, -0.1) is 0 Å². The molecule has 4 aromatic rings. The maximum Gasteiger partial charge on any atom is 0.319 e. The average molecular weight is 638 g/mol. The number of ether oxygens (including phenoxy) is 2. The average Bonchev–Trinajstić information content (AvgIpc) is 3.26. The van der Waals surface area contributed by atoms with Gasteiger partial charge in [-0.25, -0.2) is 18.2 Å². The Hall–Kier alpha value is -3.77. The van der Waals surface area contributed by atoms with Gasteiger partial charge in [-0.1, -0.05) is 38.1 Å². The molecule has 3 atom stereocenters. The second kappa shape index (κ2) is 11.8. The highest BCUT2D eigenvalue weighted by Crippen LogP contribution is 2.69. The number of hydrogen-bond donors (Lipinski definition) is 2. The zero-order valence-electron chi connectivity index (χ0n) is 26.5. The molecule has 3 aliphatic heterocycles. The van der Waals surface area contributed by atoms with Crippen molar-refractivity contribution in [3.63, 3.8) is 0 Å². The van der Waals surface area contributed by atoms with E-state index in [9.17, 15) is 8.78 Å². The van der Waals surface area contributed by atoms with Crippen LogP contribution in [0.3, 0.4) is 0 Å². The predicted octanol–water partition coefficient (Wildman–Crippen LogP) is 6.47. The third-order valence-electron chi connectivity index (χ3n) is 9.87. The zero-order valence-corrected chi connectivity index (χ0v) is 26.5. The quantitative estimate of drug-likeness (QED) is 0.261. The van der Waals surface area contributed by atoms with E-state index in [0.29, 0.717) is 42.8 Å². The molecule has 3 aromatic heterocycles. The highest BCUT2D eigenvalue weighted by Gasteiger charge is 2.77. The van der Waals surface area contributed by atoms with Crippen LogP contribution in [0.1, 0.15) is 54.3 Å². The number of fused-ring (bicyclic) bond motifs is 2. The number of benzene rings is 1. The maximum absolute atomic E-state index is 16.7. The van der Waals surface area contributed by atoms with E-state index < -0.39 is 22.7 Å². The number of nitrogens with zero attached hydrogens (tertiary/aromatic N) is 5. The number of rotatable bonds is 4. The summed E-state index contributed by atoms with van der Waals surface area (Å²) in [5, 5.41) is 8.66. The summed E-state index contributed by atoms with van der Waals surface area (Å²) in [7, 11) is 0. The van der Waals surface area contributed by atoms with Crippen molar-refractivity contribution in [2.24, 2.45) is 5.41 Å². The number of nitrogens with one attached hydrogen (secondary N) is 2. The van der Waals surface area contributed by atoms with Crippen LogP contribution in [0.25, 0.3) is 32.9 Å². The van der Waals surface area contributed by atoms with Crippen molar-refractivity contribution in [3.05, 3.63) is 42.5 Å². The highest BCUT2D eigenvalue weighted by molar-refractivity contribution is 6.00. The molecule has 4 aliphatic rings. The van der Waals surface area contributed by atoms with Crippen LogP contribution in [0.4, 0.5) is 19.0 Å². The van der Waals surface area contributed by atoms with Crippen molar-refractivity contribution in [1.82, 2.24) is 30.2 Å². The van der Waals surface area contributed by atoms with Gasteiger partial charge in [-0.2, -0.15) is 9.97 Å². The lowest BCUT2D eigenvalue weighted by molar-refractivity contribution is 0.0647. The van der Waals surface area contributed by atoms with E-state index in [-0.39, 0.29) is 43.7 Å². The van der Waals surface area contributed by atoms with E-state index in [1.807, 2.05) is 45.0 Å². The van der Waals surface area contributed by atoms with Crippen LogP contribution in [0.15, 0.2) is 36.7 Å². The third-order valence-corrected chi connectivity index (χ3v) is 9.87. The fourth-order valence-corrected chi connectivity index (χ4v) is 7.48. The molecule has 46 heavy (non-hydrogen) atoms. The molecule has 2 saturated heterocycles. The normalized spacial score (nSPS) is 26.9. The van der Waals surface area contributed by atoms with Crippen LogP contribution >= 0.6 is 0 Å². The van der Waals surface area contributed by atoms with E-state index in [1.54, 1.807) is 12.4 Å². The van der Waals surface area contributed by atoms with Gasteiger partial charge in [0, 0.05) is 50.8 Å². The van der Waals surface area contributed by atoms with E-state index in [2.05, 4.69) is 30.5 Å².